The number of benzene rings is 2. The highest BCUT2D eigenvalue weighted by Crippen LogP contribution is 2.42. The van der Waals surface area contributed by atoms with Crippen molar-refractivity contribution in [3.05, 3.63) is 56.1 Å². The van der Waals surface area contributed by atoms with E-state index in [-0.39, 0.29) is 5.91 Å². The minimum Gasteiger partial charge on any atom is -0.351 e. The van der Waals surface area contributed by atoms with E-state index in [4.69, 9.17) is 46.4 Å². The molecular formula is C23H23Cl4N3OS. The Labute approximate surface area is 211 Å². The molecular weight excluding hydrogens is 508 g/mol. The first-order valence-corrected chi connectivity index (χ1v) is 12.7. The molecule has 1 amide bonds. The maximum absolute atomic E-state index is 12.8. The third kappa shape index (κ3) is 5.52. The van der Waals surface area contributed by atoms with E-state index in [1.807, 2.05) is 12.1 Å². The van der Waals surface area contributed by atoms with Gasteiger partial charge in [-0.3, -0.25) is 4.79 Å². The van der Waals surface area contributed by atoms with E-state index >= 15 is 0 Å². The van der Waals surface area contributed by atoms with E-state index in [1.165, 1.54) is 24.6 Å². The second-order valence-corrected chi connectivity index (χ2v) is 10.8. The van der Waals surface area contributed by atoms with Crippen molar-refractivity contribution >= 4 is 75.0 Å². The summed E-state index contributed by atoms with van der Waals surface area (Å²) >= 11 is 26.6. The number of aromatic nitrogens is 1. The van der Waals surface area contributed by atoms with Crippen LogP contribution in [0.2, 0.25) is 20.1 Å². The van der Waals surface area contributed by atoms with Gasteiger partial charge < -0.3 is 15.2 Å². The molecule has 0 saturated carbocycles. The zero-order chi connectivity index (χ0) is 22.8. The fourth-order valence-electron chi connectivity index (χ4n) is 3.92. The molecule has 1 aliphatic rings. The number of nitrogens with zero attached hydrogens (tertiary/aromatic N) is 1. The van der Waals surface area contributed by atoms with E-state index in [0.29, 0.717) is 43.8 Å². The molecule has 9 heteroatoms. The van der Waals surface area contributed by atoms with Gasteiger partial charge in [0, 0.05) is 26.7 Å². The molecule has 4 rings (SSSR count). The minimum atomic E-state index is -0.151. The lowest BCUT2D eigenvalue weighted by Crippen LogP contribution is -2.32. The Bertz CT molecular complexity index is 1140. The van der Waals surface area contributed by atoms with Gasteiger partial charge >= 0.3 is 0 Å². The van der Waals surface area contributed by atoms with E-state index in [2.05, 4.69) is 22.2 Å². The maximum Gasteiger partial charge on any atom is 0.267 e. The van der Waals surface area contributed by atoms with Crippen molar-refractivity contribution in [2.45, 2.75) is 29.1 Å². The van der Waals surface area contributed by atoms with Crippen LogP contribution in [0.1, 0.15) is 29.8 Å². The van der Waals surface area contributed by atoms with Gasteiger partial charge in [0.25, 0.3) is 5.91 Å². The van der Waals surface area contributed by atoms with Crippen LogP contribution in [-0.2, 0) is 0 Å². The third-order valence-electron chi connectivity index (χ3n) is 5.80. The van der Waals surface area contributed by atoms with Crippen LogP contribution >= 0.6 is 58.2 Å². The third-order valence-corrected chi connectivity index (χ3v) is 8.39. The van der Waals surface area contributed by atoms with Gasteiger partial charge in [-0.05, 0) is 75.6 Å². The fraction of sp³-hybridized carbons (Fsp3) is 0.348. The summed E-state index contributed by atoms with van der Waals surface area (Å²) in [6.45, 7) is 2.90. The fourth-order valence-corrected chi connectivity index (χ4v) is 5.89. The maximum atomic E-state index is 12.8. The Balaban J connectivity index is 1.51. The summed E-state index contributed by atoms with van der Waals surface area (Å²) in [5.41, 5.74) is 1.09. The average molecular weight is 531 g/mol. The van der Waals surface area contributed by atoms with Gasteiger partial charge in [-0.1, -0.05) is 58.2 Å². The Kier molecular flexibility index (Phi) is 7.86. The summed E-state index contributed by atoms with van der Waals surface area (Å²) in [5, 5.41) is 5.76. The predicted octanol–water partition coefficient (Wildman–Crippen LogP) is 7.39. The van der Waals surface area contributed by atoms with E-state index in [0.717, 1.165) is 34.7 Å². The van der Waals surface area contributed by atoms with Crippen molar-refractivity contribution in [1.29, 1.82) is 0 Å². The number of piperidine rings is 1. The molecule has 0 unspecified atom stereocenters. The van der Waals surface area contributed by atoms with Gasteiger partial charge in [-0.15, -0.1) is 0 Å². The van der Waals surface area contributed by atoms with Crippen molar-refractivity contribution in [3.8, 4) is 0 Å². The van der Waals surface area contributed by atoms with Gasteiger partial charge in [-0.25, -0.2) is 0 Å². The first-order chi connectivity index (χ1) is 15.3. The van der Waals surface area contributed by atoms with Crippen molar-refractivity contribution in [2.75, 3.05) is 26.7 Å². The molecule has 0 bridgehead atoms. The van der Waals surface area contributed by atoms with Crippen LogP contribution in [-0.4, -0.2) is 42.5 Å². The lowest BCUT2D eigenvalue weighted by molar-refractivity contribution is 0.0945. The Morgan fingerprint density at radius 3 is 2.56 bits per heavy atom. The molecule has 1 aliphatic heterocycles. The summed E-state index contributed by atoms with van der Waals surface area (Å²) in [6.07, 6.45) is 3.35. The molecule has 1 saturated heterocycles. The second kappa shape index (κ2) is 10.5. The quantitative estimate of drug-likeness (QED) is 0.349. The number of fused-ring (bicyclic) bond motifs is 1. The van der Waals surface area contributed by atoms with Crippen LogP contribution in [0.15, 0.2) is 40.1 Å². The SMILES string of the molecule is CN1CCC(CCNC(=O)c2cc3c(Sc4ccc(Cl)cc4Cl)cc(Cl)c(Cl)c3[nH]2)CC1. The average Bonchev–Trinajstić information content (AvgIpc) is 3.21. The highest BCUT2D eigenvalue weighted by Gasteiger charge is 2.19. The predicted molar refractivity (Wildman–Crippen MR) is 136 cm³/mol. The van der Waals surface area contributed by atoms with Gasteiger partial charge in [0.2, 0.25) is 0 Å². The Hall–Kier alpha value is -1.08. The molecule has 4 nitrogen and oxygen atoms in total. The van der Waals surface area contributed by atoms with Gasteiger partial charge in [0.15, 0.2) is 0 Å². The van der Waals surface area contributed by atoms with Crippen LogP contribution in [0, 0.1) is 5.92 Å². The zero-order valence-electron chi connectivity index (χ0n) is 17.5. The van der Waals surface area contributed by atoms with E-state index < -0.39 is 0 Å². The van der Waals surface area contributed by atoms with Crippen molar-refractivity contribution in [2.24, 2.45) is 5.92 Å². The first-order valence-electron chi connectivity index (χ1n) is 10.4. The summed E-state index contributed by atoms with van der Waals surface area (Å²) in [6, 6.07) is 8.93. The topological polar surface area (TPSA) is 48.1 Å². The normalized spacial score (nSPS) is 15.4. The van der Waals surface area contributed by atoms with Crippen LogP contribution in [0.25, 0.3) is 10.9 Å². The molecule has 32 heavy (non-hydrogen) atoms. The molecule has 0 aliphatic carbocycles. The molecule has 0 spiro atoms. The van der Waals surface area contributed by atoms with Crippen LogP contribution in [0.4, 0.5) is 0 Å². The number of nitrogens with one attached hydrogen (secondary N) is 2. The van der Waals surface area contributed by atoms with Gasteiger partial charge in [0.1, 0.15) is 5.69 Å². The Morgan fingerprint density at radius 2 is 1.84 bits per heavy atom. The molecule has 0 radical (unpaired) electrons. The molecule has 2 N–H and O–H groups in total. The smallest absolute Gasteiger partial charge is 0.267 e. The monoisotopic (exact) mass is 529 g/mol. The number of amides is 1. The number of carbonyl (C=O) groups excluding carboxylic acids is 1. The highest BCUT2D eigenvalue weighted by molar-refractivity contribution is 7.99. The molecule has 3 aromatic rings. The summed E-state index contributed by atoms with van der Waals surface area (Å²) in [4.78, 5) is 20.0. The van der Waals surface area contributed by atoms with Crippen molar-refractivity contribution in [1.82, 2.24) is 15.2 Å². The number of hydrogen-bond acceptors (Lipinski definition) is 3. The van der Waals surface area contributed by atoms with Gasteiger partial charge in [0.05, 0.1) is 20.6 Å². The number of likely N-dealkylation sites (tertiary alicyclic amines) is 1. The number of halogens is 4. The summed E-state index contributed by atoms with van der Waals surface area (Å²) < 4.78 is 0. The highest BCUT2D eigenvalue weighted by atomic mass is 35.5. The summed E-state index contributed by atoms with van der Waals surface area (Å²) in [5.74, 6) is 0.511. The largest absolute Gasteiger partial charge is 0.351 e. The van der Waals surface area contributed by atoms with Crippen LogP contribution < -0.4 is 5.32 Å². The van der Waals surface area contributed by atoms with Crippen molar-refractivity contribution in [3.63, 3.8) is 0 Å². The summed E-state index contributed by atoms with van der Waals surface area (Å²) in [7, 11) is 2.15. The number of H-pyrrole nitrogens is 1. The second-order valence-electron chi connectivity index (χ2n) is 8.11. The molecule has 1 aromatic heterocycles. The standard InChI is InChI=1S/C23H23Cl4N3OS/c1-30-8-5-13(6-9-30)4-7-28-23(31)18-11-15-20(12-17(26)21(27)22(15)29-18)32-19-3-2-14(24)10-16(19)25/h2-3,10-13,29H,4-9H2,1H3,(H,28,31). The van der Waals surface area contributed by atoms with E-state index in [9.17, 15) is 4.79 Å². The minimum absolute atomic E-state index is 0.151. The molecule has 170 valence electrons. The lowest BCUT2D eigenvalue weighted by atomic mass is 9.94. The first kappa shape index (κ1) is 24.1. The number of carbonyl (C=O) groups is 1. The lowest BCUT2D eigenvalue weighted by Gasteiger charge is -2.28. The van der Waals surface area contributed by atoms with Crippen LogP contribution in [0.3, 0.4) is 0 Å². The Morgan fingerprint density at radius 1 is 1.09 bits per heavy atom. The number of rotatable bonds is 6. The molecule has 2 aromatic carbocycles. The molecule has 2 heterocycles. The molecule has 0 atom stereocenters. The van der Waals surface area contributed by atoms with E-state index in [1.54, 1.807) is 18.2 Å². The number of hydrogen-bond donors (Lipinski definition) is 2. The zero-order valence-corrected chi connectivity index (χ0v) is 21.3. The van der Waals surface area contributed by atoms with Gasteiger partial charge in [-0.2, -0.15) is 0 Å². The number of aromatic amines is 1. The van der Waals surface area contributed by atoms with Crippen molar-refractivity contribution < 1.29 is 4.79 Å². The molecule has 1 fully saturated rings. The van der Waals surface area contributed by atoms with Crippen LogP contribution in [0.5, 0.6) is 0 Å².